The van der Waals surface area contributed by atoms with E-state index in [4.69, 9.17) is 0 Å². The van der Waals surface area contributed by atoms with Crippen LogP contribution in [0.4, 0.5) is 0 Å². The summed E-state index contributed by atoms with van der Waals surface area (Å²) in [7, 11) is 0. The molecule has 1 heterocycles. The molecule has 0 aliphatic heterocycles. The van der Waals surface area contributed by atoms with Gasteiger partial charge in [-0.15, -0.1) is 0 Å². The van der Waals surface area contributed by atoms with E-state index in [2.05, 4.69) is 39.2 Å². The van der Waals surface area contributed by atoms with Crippen LogP contribution in [0, 0.1) is 6.92 Å². The predicted octanol–water partition coefficient (Wildman–Crippen LogP) is 2.81. The Hall–Kier alpha value is -2.50. The summed E-state index contributed by atoms with van der Waals surface area (Å²) in [5.74, 6) is 0.519. The van der Waals surface area contributed by atoms with E-state index in [1.165, 1.54) is 0 Å². The summed E-state index contributed by atoms with van der Waals surface area (Å²) in [5.41, 5.74) is 3.99. The van der Waals surface area contributed by atoms with E-state index in [0.717, 1.165) is 35.4 Å². The Balaban J connectivity index is 2.15. The molecular formula is C19H27N5O. The molecule has 2 rings (SSSR count). The van der Waals surface area contributed by atoms with Gasteiger partial charge in [0, 0.05) is 22.9 Å². The van der Waals surface area contributed by atoms with Crippen molar-refractivity contribution in [1.82, 2.24) is 20.6 Å². The highest BCUT2D eigenvalue weighted by molar-refractivity contribution is 5.98. The average molecular weight is 341 g/mol. The lowest BCUT2D eigenvalue weighted by molar-refractivity contribution is -0.117. The number of aromatic nitrogens is 2. The molecule has 6 nitrogen and oxygen atoms in total. The quantitative estimate of drug-likeness (QED) is 0.454. The normalized spacial score (nSPS) is 15.7. The van der Waals surface area contributed by atoms with Crippen LogP contribution in [-0.4, -0.2) is 28.1 Å². The molecule has 0 atom stereocenters. The monoisotopic (exact) mass is 341 g/mol. The second-order valence-corrected chi connectivity index (χ2v) is 7.02. The topological polar surface area (TPSA) is 79.3 Å². The number of amides is 1. The summed E-state index contributed by atoms with van der Waals surface area (Å²) in [6.45, 7) is 13.7. The van der Waals surface area contributed by atoms with Gasteiger partial charge in [-0.1, -0.05) is 5.57 Å². The molecule has 1 aromatic heterocycles. The minimum absolute atomic E-state index is 0.0680. The molecule has 0 spiro atoms. The highest BCUT2D eigenvalue weighted by Crippen LogP contribution is 2.36. The Morgan fingerprint density at radius 2 is 1.96 bits per heavy atom. The zero-order chi connectivity index (χ0) is 18.6. The second kappa shape index (κ2) is 7.59. The Kier molecular flexibility index (Phi) is 5.72. The average Bonchev–Trinajstić information content (AvgIpc) is 3.29. The van der Waals surface area contributed by atoms with Gasteiger partial charge in [-0.25, -0.2) is 4.99 Å². The van der Waals surface area contributed by atoms with Crippen molar-refractivity contribution in [3.8, 4) is 0 Å². The van der Waals surface area contributed by atoms with Crippen LogP contribution in [0.5, 0.6) is 0 Å². The number of hydrogen-bond acceptors (Lipinski definition) is 5. The third-order valence-corrected chi connectivity index (χ3v) is 4.30. The van der Waals surface area contributed by atoms with E-state index in [1.54, 1.807) is 12.4 Å². The van der Waals surface area contributed by atoms with Crippen molar-refractivity contribution in [2.45, 2.75) is 59.5 Å². The molecule has 0 saturated heterocycles. The molecule has 0 unspecified atom stereocenters. The van der Waals surface area contributed by atoms with E-state index in [-0.39, 0.29) is 11.4 Å². The van der Waals surface area contributed by atoms with Crippen molar-refractivity contribution in [3.05, 3.63) is 46.3 Å². The molecule has 1 aliphatic rings. The summed E-state index contributed by atoms with van der Waals surface area (Å²) >= 11 is 0. The van der Waals surface area contributed by atoms with Crippen LogP contribution in [0.15, 0.2) is 39.9 Å². The summed E-state index contributed by atoms with van der Waals surface area (Å²) in [5, 5.41) is 6.32. The van der Waals surface area contributed by atoms with E-state index >= 15 is 0 Å². The first-order valence-corrected chi connectivity index (χ1v) is 8.45. The zero-order valence-electron chi connectivity index (χ0n) is 15.7. The van der Waals surface area contributed by atoms with Gasteiger partial charge in [0.05, 0.1) is 24.1 Å². The van der Waals surface area contributed by atoms with Crippen LogP contribution in [0.3, 0.4) is 0 Å². The Morgan fingerprint density at radius 3 is 2.44 bits per heavy atom. The number of aryl methyl sites for hydroxylation is 1. The molecular weight excluding hydrogens is 314 g/mol. The minimum Gasteiger partial charge on any atom is -0.365 e. The largest absolute Gasteiger partial charge is 0.365 e. The van der Waals surface area contributed by atoms with Crippen LogP contribution in [-0.2, 0) is 11.3 Å². The molecule has 134 valence electrons. The summed E-state index contributed by atoms with van der Waals surface area (Å²) in [6.07, 6.45) is 5.56. The van der Waals surface area contributed by atoms with Gasteiger partial charge in [-0.2, -0.15) is 0 Å². The van der Waals surface area contributed by atoms with Crippen LogP contribution >= 0.6 is 0 Å². The lowest BCUT2D eigenvalue weighted by Crippen LogP contribution is -2.30. The van der Waals surface area contributed by atoms with Gasteiger partial charge in [0.15, 0.2) is 0 Å². The molecule has 1 aromatic rings. The molecule has 1 aliphatic carbocycles. The third-order valence-electron chi connectivity index (χ3n) is 4.30. The number of allylic oxidation sites excluding steroid dienone is 1. The number of hydrogen-bond donors (Lipinski definition) is 2. The van der Waals surface area contributed by atoms with Crippen molar-refractivity contribution in [1.29, 1.82) is 0 Å². The summed E-state index contributed by atoms with van der Waals surface area (Å²) < 4.78 is 0. The fourth-order valence-corrected chi connectivity index (χ4v) is 2.51. The third kappa shape index (κ3) is 4.98. The number of nitrogens with zero attached hydrogens (tertiary/aromatic N) is 3. The smallest absolute Gasteiger partial charge is 0.251 e. The van der Waals surface area contributed by atoms with Crippen LogP contribution in [0.2, 0.25) is 0 Å². The van der Waals surface area contributed by atoms with Gasteiger partial charge in [0.1, 0.15) is 5.82 Å². The van der Waals surface area contributed by atoms with Gasteiger partial charge in [0.2, 0.25) is 0 Å². The first kappa shape index (κ1) is 18.8. The van der Waals surface area contributed by atoms with E-state index in [9.17, 15) is 4.79 Å². The van der Waals surface area contributed by atoms with Crippen molar-refractivity contribution < 1.29 is 4.79 Å². The molecule has 25 heavy (non-hydrogen) atoms. The van der Waals surface area contributed by atoms with Crippen molar-refractivity contribution in [3.63, 3.8) is 0 Å². The molecule has 0 radical (unpaired) electrons. The first-order valence-electron chi connectivity index (χ1n) is 8.45. The minimum atomic E-state index is -0.149. The number of aliphatic imine (C=N–C) groups is 1. The SMILES string of the molecule is C=N/C(NC1(C)CC1)=C(\C)C(C(=O)NCc1cnc(C)cn1)=C(C)C. The highest BCUT2D eigenvalue weighted by Gasteiger charge is 2.38. The number of carbonyl (C=O) groups is 1. The van der Waals surface area contributed by atoms with E-state index in [0.29, 0.717) is 17.9 Å². The molecule has 1 fully saturated rings. The summed E-state index contributed by atoms with van der Waals surface area (Å²) in [4.78, 5) is 25.3. The van der Waals surface area contributed by atoms with Gasteiger partial charge in [-0.05, 0) is 54.2 Å². The molecule has 1 saturated carbocycles. The number of rotatable bonds is 7. The fourth-order valence-electron chi connectivity index (χ4n) is 2.51. The number of carbonyl (C=O) groups excluding carboxylic acids is 1. The molecule has 6 heteroatoms. The van der Waals surface area contributed by atoms with Gasteiger partial charge in [-0.3, -0.25) is 14.8 Å². The van der Waals surface area contributed by atoms with E-state index in [1.807, 2.05) is 27.7 Å². The van der Waals surface area contributed by atoms with Crippen molar-refractivity contribution in [2.75, 3.05) is 0 Å². The van der Waals surface area contributed by atoms with Crippen LogP contribution in [0.25, 0.3) is 0 Å². The van der Waals surface area contributed by atoms with Crippen molar-refractivity contribution >= 4 is 12.6 Å². The maximum Gasteiger partial charge on any atom is 0.251 e. The lowest BCUT2D eigenvalue weighted by atomic mass is 10.0. The van der Waals surface area contributed by atoms with E-state index < -0.39 is 0 Å². The maximum atomic E-state index is 12.7. The second-order valence-electron chi connectivity index (χ2n) is 7.02. The highest BCUT2D eigenvalue weighted by atomic mass is 16.1. The lowest BCUT2D eigenvalue weighted by Gasteiger charge is -2.18. The van der Waals surface area contributed by atoms with Gasteiger partial charge >= 0.3 is 0 Å². The summed E-state index contributed by atoms with van der Waals surface area (Å²) in [6, 6.07) is 0. The predicted molar refractivity (Wildman–Crippen MR) is 100 cm³/mol. The first-order chi connectivity index (χ1) is 11.8. The van der Waals surface area contributed by atoms with Crippen LogP contribution < -0.4 is 10.6 Å². The van der Waals surface area contributed by atoms with Crippen LogP contribution in [0.1, 0.15) is 51.9 Å². The molecule has 1 amide bonds. The van der Waals surface area contributed by atoms with Crippen molar-refractivity contribution in [2.24, 2.45) is 4.99 Å². The molecule has 0 bridgehead atoms. The fraction of sp³-hybridized carbons (Fsp3) is 0.474. The molecule has 0 aromatic carbocycles. The Bertz CT molecular complexity index is 723. The zero-order valence-corrected chi connectivity index (χ0v) is 15.7. The molecule has 2 N–H and O–H groups in total. The maximum absolute atomic E-state index is 12.7. The van der Waals surface area contributed by atoms with Gasteiger partial charge in [0.25, 0.3) is 5.91 Å². The standard InChI is InChI=1S/C19H27N5O/c1-12(2)16(14(4)17(20-6)24-19(5)7-8-19)18(25)23-11-15-10-21-13(3)9-22-15/h9-10,24H,6-8,11H2,1-5H3,(H,23,25)/b17-14-. The number of nitrogens with one attached hydrogen (secondary N) is 2. The Morgan fingerprint density at radius 1 is 1.28 bits per heavy atom. The van der Waals surface area contributed by atoms with Gasteiger partial charge < -0.3 is 10.6 Å². The Labute approximate surface area is 149 Å².